The van der Waals surface area contributed by atoms with Gasteiger partial charge >= 0.3 is 5.69 Å². The maximum absolute atomic E-state index is 14.6. The van der Waals surface area contributed by atoms with Crippen LogP contribution in [0.1, 0.15) is 93.9 Å². The van der Waals surface area contributed by atoms with Crippen molar-refractivity contribution < 1.29 is 32.7 Å². The summed E-state index contributed by atoms with van der Waals surface area (Å²) in [6.07, 6.45) is 5.79. The number of hydrogen-bond donors (Lipinski definition) is 5. The van der Waals surface area contributed by atoms with Crippen molar-refractivity contribution in [3.8, 4) is 5.75 Å². The Kier molecular flexibility index (Phi) is 14.8. The molecule has 8 rings (SSSR count). The molecule has 6 heterocycles. The van der Waals surface area contributed by atoms with E-state index in [0.29, 0.717) is 105 Å². The number of carbonyl (C=O) groups is 4. The smallest absolute Gasteiger partial charge is 0.329 e. The standard InChI is InChI=1S/C49H63F2N11O6/c1-30(63)60-23-15-38(37(28-60)47(53)61-17-5-6-32-24-35(33(26-52)27-54-2)36(46(50)51)25-41(32)61)55-34-13-21-59(22-14-34)44(65)16-20-58-18-11-31(12-19-58)29-68-42-8-4-7-39-45(42)57(3)49(67)62(39)40-9-10-43(64)56-48(40)66/h4,7-8,24-27,31,34,40,46,52-55H,5-6,9-23,28-29H2,1-3H3,(H,56,64,66)/b33-27+,52-26?,53-47?. The van der Waals surface area contributed by atoms with Crippen LogP contribution >= 0.6 is 0 Å². The number of nitrogens with one attached hydrogen (secondary N) is 5. The van der Waals surface area contributed by atoms with Gasteiger partial charge in [0.25, 0.3) is 6.43 Å². The number of likely N-dealkylation sites (tertiary alicyclic amines) is 2. The van der Waals surface area contributed by atoms with Crippen molar-refractivity contribution in [3.63, 3.8) is 0 Å². The minimum atomic E-state index is -2.79. The number of imide groups is 1. The highest BCUT2D eigenvalue weighted by atomic mass is 19.3. The molecule has 5 aliphatic rings. The first-order chi connectivity index (χ1) is 32.8. The van der Waals surface area contributed by atoms with Gasteiger partial charge in [-0.1, -0.05) is 6.07 Å². The Morgan fingerprint density at radius 2 is 1.74 bits per heavy atom. The molecule has 0 saturated carbocycles. The van der Waals surface area contributed by atoms with Gasteiger partial charge in [0.1, 0.15) is 23.1 Å². The zero-order valence-electron chi connectivity index (χ0n) is 39.2. The van der Waals surface area contributed by atoms with Gasteiger partial charge in [-0.2, -0.15) is 0 Å². The first-order valence-corrected chi connectivity index (χ1v) is 23.9. The highest BCUT2D eigenvalue weighted by Crippen LogP contribution is 2.38. The van der Waals surface area contributed by atoms with Gasteiger partial charge < -0.3 is 40.4 Å². The van der Waals surface area contributed by atoms with Crippen LogP contribution in [0.4, 0.5) is 14.5 Å². The lowest BCUT2D eigenvalue weighted by Gasteiger charge is -2.39. The first kappa shape index (κ1) is 48.1. The zero-order valence-corrected chi connectivity index (χ0v) is 39.2. The molecule has 17 nitrogen and oxygen atoms in total. The van der Waals surface area contributed by atoms with Crippen LogP contribution in [-0.2, 0) is 32.6 Å². The molecular formula is C49H63F2N11O6. The second kappa shape index (κ2) is 20.9. The summed E-state index contributed by atoms with van der Waals surface area (Å²) in [7, 11) is 3.32. The number of carbonyl (C=O) groups excluding carboxylic acids is 4. The van der Waals surface area contributed by atoms with Gasteiger partial charge in [0.05, 0.1) is 18.7 Å². The van der Waals surface area contributed by atoms with Gasteiger partial charge in [-0.05, 0) is 99.3 Å². The number of benzene rings is 2. The molecule has 1 aromatic heterocycles. The molecule has 5 N–H and O–H groups in total. The van der Waals surface area contributed by atoms with Gasteiger partial charge in [-0.3, -0.25) is 39.0 Å². The Labute approximate surface area is 394 Å². The number of amidine groups is 1. The molecule has 19 heteroatoms. The highest BCUT2D eigenvalue weighted by molar-refractivity contribution is 6.11. The quantitative estimate of drug-likeness (QED) is 0.0874. The molecule has 0 bridgehead atoms. The van der Waals surface area contributed by atoms with E-state index in [1.54, 1.807) is 36.0 Å². The van der Waals surface area contributed by atoms with Crippen LogP contribution in [0, 0.1) is 16.7 Å². The summed E-state index contributed by atoms with van der Waals surface area (Å²) in [6.45, 7) is 6.73. The van der Waals surface area contributed by atoms with Crippen molar-refractivity contribution in [3.05, 3.63) is 75.0 Å². The van der Waals surface area contributed by atoms with E-state index in [2.05, 4.69) is 20.9 Å². The molecule has 0 spiro atoms. The molecule has 1 atom stereocenters. The van der Waals surface area contributed by atoms with E-state index in [0.717, 1.165) is 56.2 Å². The number of alkyl halides is 2. The van der Waals surface area contributed by atoms with Crippen LogP contribution in [0.2, 0.25) is 0 Å². The van der Waals surface area contributed by atoms with Crippen molar-refractivity contribution in [1.29, 1.82) is 10.8 Å². The lowest BCUT2D eigenvalue weighted by Crippen LogP contribution is -2.49. The van der Waals surface area contributed by atoms with E-state index in [1.165, 1.54) is 28.3 Å². The molecule has 0 radical (unpaired) electrons. The Balaban J connectivity index is 0.835. The highest BCUT2D eigenvalue weighted by Gasteiger charge is 2.34. The van der Waals surface area contributed by atoms with Gasteiger partial charge in [0.2, 0.25) is 23.6 Å². The number of nitrogens with zero attached hydrogens (tertiary/aromatic N) is 6. The fraction of sp³-hybridized carbons (Fsp3) is 0.531. The normalized spacial score (nSPS) is 20.2. The van der Waals surface area contributed by atoms with E-state index >= 15 is 0 Å². The number of piperidine rings is 3. The molecular weight excluding hydrogens is 877 g/mol. The molecule has 2 aromatic carbocycles. The minimum Gasteiger partial charge on any atom is -0.491 e. The summed E-state index contributed by atoms with van der Waals surface area (Å²) in [6, 6.07) is 7.91. The Hall–Kier alpha value is -6.37. The van der Waals surface area contributed by atoms with E-state index in [9.17, 15) is 38.2 Å². The molecule has 4 amide bonds. The molecule has 3 saturated heterocycles. The monoisotopic (exact) mass is 939 g/mol. The van der Waals surface area contributed by atoms with Crippen molar-refractivity contribution in [2.75, 3.05) is 70.9 Å². The number of aryl methyl sites for hydroxylation is 2. The van der Waals surface area contributed by atoms with Gasteiger partial charge in [-0.15, -0.1) is 0 Å². The van der Waals surface area contributed by atoms with Crippen molar-refractivity contribution in [2.45, 2.75) is 89.6 Å². The minimum absolute atomic E-state index is 0.0595. The fourth-order valence-corrected chi connectivity index (χ4v) is 10.5. The molecule has 5 aliphatic heterocycles. The van der Waals surface area contributed by atoms with Crippen molar-refractivity contribution in [2.24, 2.45) is 13.0 Å². The average molecular weight is 940 g/mol. The third kappa shape index (κ3) is 10.1. The van der Waals surface area contributed by atoms with Gasteiger partial charge in [0.15, 0.2) is 0 Å². The number of halogens is 2. The van der Waals surface area contributed by atoms with Crippen LogP contribution in [0.3, 0.4) is 0 Å². The van der Waals surface area contributed by atoms with E-state index in [1.807, 2.05) is 17.0 Å². The van der Waals surface area contributed by atoms with Crippen LogP contribution in [0.5, 0.6) is 5.75 Å². The van der Waals surface area contributed by atoms with E-state index in [4.69, 9.17) is 10.1 Å². The second-order valence-corrected chi connectivity index (χ2v) is 18.6. The largest absolute Gasteiger partial charge is 0.491 e. The van der Waals surface area contributed by atoms with Crippen LogP contribution in [-0.4, -0.2) is 132 Å². The number of fused-ring (bicyclic) bond motifs is 2. The average Bonchev–Trinajstić information content (AvgIpc) is 3.59. The molecule has 3 fully saturated rings. The summed E-state index contributed by atoms with van der Waals surface area (Å²) < 4.78 is 38.4. The maximum atomic E-state index is 14.6. The zero-order chi connectivity index (χ0) is 48.2. The van der Waals surface area contributed by atoms with E-state index in [-0.39, 0.29) is 65.8 Å². The number of imidazole rings is 1. The first-order valence-electron chi connectivity index (χ1n) is 23.9. The topological polar surface area (TPSA) is 201 Å². The predicted molar refractivity (Wildman–Crippen MR) is 255 cm³/mol. The number of para-hydroxylation sites is 1. The van der Waals surface area contributed by atoms with E-state index < -0.39 is 18.4 Å². The predicted octanol–water partition coefficient (Wildman–Crippen LogP) is 4.46. The molecule has 68 heavy (non-hydrogen) atoms. The lowest BCUT2D eigenvalue weighted by atomic mass is 9.91. The van der Waals surface area contributed by atoms with Gasteiger partial charge in [-0.25, -0.2) is 13.6 Å². The Morgan fingerprint density at radius 1 is 0.971 bits per heavy atom. The van der Waals surface area contributed by atoms with Crippen LogP contribution in [0.15, 0.2) is 52.6 Å². The number of allylic oxidation sites excluding steroid dienone is 1. The number of aromatic nitrogens is 2. The SMILES string of the molecule is CN/C=C(\C=N)c1cc2c(cc1C(F)F)N(C(=N)C1=C(NC3CCN(C(=O)CCN4CCC(COc5cccc6c5n(C)c(=O)n6C5CCC(=O)NC5=O)CC4)CC3)CCN(C(C)=O)C1)CCC2. The summed E-state index contributed by atoms with van der Waals surface area (Å²) in [5.41, 5.74) is 4.20. The number of hydrogen-bond acceptors (Lipinski definition) is 11. The molecule has 3 aromatic rings. The number of amides is 4. The fourth-order valence-electron chi connectivity index (χ4n) is 10.5. The Bertz CT molecular complexity index is 2590. The number of anilines is 1. The number of ether oxygens (including phenoxy) is 1. The lowest BCUT2D eigenvalue weighted by molar-refractivity contribution is -0.136. The Morgan fingerprint density at radius 3 is 2.43 bits per heavy atom. The maximum Gasteiger partial charge on any atom is 0.329 e. The third-order valence-corrected chi connectivity index (χ3v) is 14.4. The molecule has 364 valence electrons. The summed E-state index contributed by atoms with van der Waals surface area (Å²) in [4.78, 5) is 71.6. The summed E-state index contributed by atoms with van der Waals surface area (Å²) in [5, 5.41) is 26.3. The van der Waals surface area contributed by atoms with Crippen LogP contribution in [0.25, 0.3) is 16.6 Å². The van der Waals surface area contributed by atoms with Crippen molar-refractivity contribution >= 4 is 58.0 Å². The molecule has 1 unspecified atom stereocenters. The van der Waals surface area contributed by atoms with Crippen molar-refractivity contribution in [1.82, 2.24) is 39.8 Å². The summed E-state index contributed by atoms with van der Waals surface area (Å²) >= 11 is 0. The second-order valence-electron chi connectivity index (χ2n) is 18.6. The summed E-state index contributed by atoms with van der Waals surface area (Å²) in [5.74, 6) is 0.250. The van der Waals surface area contributed by atoms with Gasteiger partial charge in [0, 0.05) is 120 Å². The number of rotatable bonds is 14. The molecule has 0 aliphatic carbocycles. The third-order valence-electron chi connectivity index (χ3n) is 14.4. The van der Waals surface area contributed by atoms with Crippen LogP contribution < -0.4 is 31.3 Å².